The van der Waals surface area contributed by atoms with Crippen molar-refractivity contribution in [3.05, 3.63) is 0 Å². The van der Waals surface area contributed by atoms with E-state index < -0.39 is 0 Å². The summed E-state index contributed by atoms with van der Waals surface area (Å²) in [7, 11) is 0. The van der Waals surface area contributed by atoms with Crippen molar-refractivity contribution in [3.8, 4) is 0 Å². The Morgan fingerprint density at radius 2 is 1.50 bits per heavy atom. The van der Waals surface area contributed by atoms with Crippen LogP contribution in [0, 0.1) is 0 Å². The number of rotatable bonds is 0. The van der Waals surface area contributed by atoms with Gasteiger partial charge in [-0.2, -0.15) is 0 Å². The second kappa shape index (κ2) is 10.1. The van der Waals surface area contributed by atoms with Gasteiger partial charge in [0.2, 0.25) is 0 Å². The minimum atomic E-state index is 0. The maximum absolute atomic E-state index is 2.47. The van der Waals surface area contributed by atoms with E-state index in [2.05, 4.69) is 36.1 Å². The molecule has 0 aromatic heterocycles. The average molecular weight is 504 g/mol. The molecule has 4 heteroatoms. The summed E-state index contributed by atoms with van der Waals surface area (Å²) in [5.74, 6) is 0. The van der Waals surface area contributed by atoms with E-state index in [1.165, 1.54) is 0 Å². The summed E-state index contributed by atoms with van der Waals surface area (Å²) >= 11 is 4.96. The molecule has 0 N–H and O–H groups in total. The molecule has 0 amide bonds. The van der Waals surface area contributed by atoms with Gasteiger partial charge in [-0.25, -0.2) is 0 Å². The van der Waals surface area contributed by atoms with Crippen molar-refractivity contribution >= 4 is 50.9 Å². The zero-order valence-electron chi connectivity index (χ0n) is 3.26. The first kappa shape index (κ1) is 10.9. The molecule has 4 heavy (non-hydrogen) atoms. The van der Waals surface area contributed by atoms with Crippen LogP contribution in [0.4, 0.5) is 0 Å². The fourth-order valence-corrected chi connectivity index (χ4v) is 0. The molecule has 0 saturated carbocycles. The molecular formula is H2BiI2K. The second-order valence-electron chi connectivity index (χ2n) is 0.0714. The van der Waals surface area contributed by atoms with Crippen LogP contribution in [0.2, 0.25) is 0 Å². The van der Waals surface area contributed by atoms with Crippen LogP contribution in [0.5, 0.6) is 0 Å². The maximum atomic E-state index is 2.47. The van der Waals surface area contributed by atoms with Gasteiger partial charge in [0.25, 0.3) is 0 Å². The smallest absolute Gasteiger partial charge is 1.00 e. The molecule has 0 radical (unpaired) electrons. The molecular weight excluding hydrogens is 502 g/mol. The SMILES string of the molecule is [H-].[I][BiH][I].[K+]. The van der Waals surface area contributed by atoms with Crippen LogP contribution in [-0.4, -0.2) is 14.9 Å². The summed E-state index contributed by atoms with van der Waals surface area (Å²) < 4.78 is 0. The Balaban J connectivity index is -0.0000000200. The van der Waals surface area contributed by atoms with E-state index in [0.29, 0.717) is 0 Å². The largest absolute Gasteiger partial charge is 1.00 e. The van der Waals surface area contributed by atoms with Gasteiger partial charge in [0.1, 0.15) is 0 Å². The predicted molar refractivity (Wildman–Crippen MR) is 36.3 cm³/mol. The molecule has 0 nitrogen and oxygen atoms in total. The third kappa shape index (κ3) is 9.36. The third-order valence-electron chi connectivity index (χ3n) is 0. The molecule has 0 rings (SSSR count). The summed E-state index contributed by atoms with van der Waals surface area (Å²) in [5.41, 5.74) is 0. The Bertz CT molecular complexity index is 9.61. The molecule has 0 heterocycles. The Morgan fingerprint density at radius 1 is 1.50 bits per heavy atom. The molecule has 0 aliphatic rings. The zero-order chi connectivity index (χ0) is 2.71. The van der Waals surface area contributed by atoms with Crippen molar-refractivity contribution in [2.75, 3.05) is 0 Å². The first-order chi connectivity index (χ1) is 1.41. The van der Waals surface area contributed by atoms with Crippen LogP contribution in [-0.2, 0) is 0 Å². The van der Waals surface area contributed by atoms with Gasteiger partial charge in [0.05, 0.1) is 0 Å². The van der Waals surface area contributed by atoms with Crippen molar-refractivity contribution in [2.45, 2.75) is 0 Å². The monoisotopic (exact) mass is 504 g/mol. The first-order valence-electron chi connectivity index (χ1n) is 0.378. The van der Waals surface area contributed by atoms with Crippen molar-refractivity contribution in [1.82, 2.24) is 0 Å². The fraction of sp³-hybridized carbons (Fsp3) is 0. The van der Waals surface area contributed by atoms with Gasteiger partial charge in [-0.15, -0.1) is 0 Å². The van der Waals surface area contributed by atoms with Crippen molar-refractivity contribution in [1.29, 1.82) is 0 Å². The molecule has 0 bridgehead atoms. The zero-order valence-corrected chi connectivity index (χ0v) is 13.6. The molecule has 22 valence electrons. The van der Waals surface area contributed by atoms with Gasteiger partial charge in [-0.3, -0.25) is 0 Å². The number of hydrogen-bond donors (Lipinski definition) is 0. The molecule has 0 aliphatic carbocycles. The van der Waals surface area contributed by atoms with Gasteiger partial charge < -0.3 is 1.43 Å². The fourth-order valence-electron chi connectivity index (χ4n) is 0. The van der Waals surface area contributed by atoms with E-state index in [0.717, 1.165) is 0 Å². The van der Waals surface area contributed by atoms with Crippen LogP contribution in [0.3, 0.4) is 0 Å². The Hall–Kier alpha value is 3.98. The Kier molecular flexibility index (Phi) is 27.4. The summed E-state index contributed by atoms with van der Waals surface area (Å²) in [6.45, 7) is 0. The minimum absolute atomic E-state index is 0. The molecule has 0 aromatic rings. The number of hydrogen-bond acceptors (Lipinski definition) is 0. The van der Waals surface area contributed by atoms with Crippen molar-refractivity contribution < 1.29 is 52.8 Å². The van der Waals surface area contributed by atoms with E-state index in [1.54, 1.807) is 0 Å². The molecule has 0 aromatic carbocycles. The molecule has 0 unspecified atom stereocenters. The van der Waals surface area contributed by atoms with Crippen molar-refractivity contribution in [3.63, 3.8) is 0 Å². The summed E-state index contributed by atoms with van der Waals surface area (Å²) in [4.78, 5) is 0. The van der Waals surface area contributed by atoms with Gasteiger partial charge in [-0.05, 0) is 0 Å². The van der Waals surface area contributed by atoms with E-state index >= 15 is 0 Å². The average Bonchev–Trinajstić information content (AvgIpc) is 0.918. The molecule has 0 saturated heterocycles. The van der Waals surface area contributed by atoms with Crippen LogP contribution in [0.15, 0.2) is 0 Å². The van der Waals surface area contributed by atoms with Gasteiger partial charge in [-0.1, -0.05) is 0 Å². The van der Waals surface area contributed by atoms with Gasteiger partial charge in [0.15, 0.2) is 0 Å². The standard InChI is InChI=1S/Bi.2HI.K.2H/h;2*1H;;;/q+2;;;+1;;-1/p-2. The minimum Gasteiger partial charge on any atom is 1.00 e. The van der Waals surface area contributed by atoms with Gasteiger partial charge in [0, 0.05) is 0 Å². The Morgan fingerprint density at radius 3 is 1.50 bits per heavy atom. The van der Waals surface area contributed by atoms with E-state index in [1.807, 2.05) is 0 Å². The van der Waals surface area contributed by atoms with Crippen LogP contribution < -0.4 is 51.4 Å². The summed E-state index contributed by atoms with van der Waals surface area (Å²) in [6, 6.07) is 0. The van der Waals surface area contributed by atoms with E-state index in [-0.39, 0.29) is 67.7 Å². The molecule has 0 aliphatic heterocycles. The third-order valence-corrected chi connectivity index (χ3v) is 0. The van der Waals surface area contributed by atoms with E-state index in [4.69, 9.17) is 0 Å². The quantitative estimate of drug-likeness (QED) is 0.271. The van der Waals surface area contributed by atoms with Crippen LogP contribution >= 0.6 is 36.1 Å². The van der Waals surface area contributed by atoms with Crippen LogP contribution in [0.1, 0.15) is 1.43 Å². The second-order valence-corrected chi connectivity index (χ2v) is 28.2. The normalized spacial score (nSPS) is 4.50. The number of halogens is 2. The molecule has 0 atom stereocenters. The van der Waals surface area contributed by atoms with Gasteiger partial charge >= 0.3 is 102 Å². The predicted octanol–water partition coefficient (Wildman–Crippen LogP) is -1.76. The Labute approximate surface area is 100 Å². The first-order valence-corrected chi connectivity index (χ1v) is 22.2. The molecule has 0 fully saturated rings. The summed E-state index contributed by atoms with van der Waals surface area (Å²) in [6.07, 6.45) is 0. The van der Waals surface area contributed by atoms with Crippen LogP contribution in [0.25, 0.3) is 0 Å². The summed E-state index contributed by atoms with van der Waals surface area (Å²) in [5, 5.41) is 0. The maximum Gasteiger partial charge on any atom is 1.00 e. The van der Waals surface area contributed by atoms with E-state index in [9.17, 15) is 0 Å². The van der Waals surface area contributed by atoms with Crippen molar-refractivity contribution in [2.24, 2.45) is 0 Å². The molecule has 0 spiro atoms. The topological polar surface area (TPSA) is 0 Å².